The lowest BCUT2D eigenvalue weighted by Gasteiger charge is -2.32. The molecule has 0 spiro atoms. The number of carbonyl (C=O) groups is 1. The molecule has 1 fully saturated rings. The van der Waals surface area contributed by atoms with Crippen LogP contribution in [0.3, 0.4) is 0 Å². The number of piperidine rings is 1. The van der Waals surface area contributed by atoms with Crippen molar-refractivity contribution in [2.24, 2.45) is 0 Å². The number of ketones is 1. The zero-order valence-electron chi connectivity index (χ0n) is 19.0. The number of thiophene rings is 1. The van der Waals surface area contributed by atoms with E-state index in [9.17, 15) is 15.0 Å². The summed E-state index contributed by atoms with van der Waals surface area (Å²) in [6.45, 7) is 5.26. The Morgan fingerprint density at radius 3 is 2.50 bits per heavy atom. The van der Waals surface area contributed by atoms with Gasteiger partial charge in [-0.3, -0.25) is 9.69 Å². The highest BCUT2D eigenvalue weighted by atomic mass is 32.1. The number of likely N-dealkylation sites (tertiary alicyclic amines) is 1. The molecule has 4 aromatic rings. The monoisotopic (exact) mass is 473 g/mol. The highest BCUT2D eigenvalue weighted by Crippen LogP contribution is 2.41. The van der Waals surface area contributed by atoms with Crippen molar-refractivity contribution in [1.82, 2.24) is 4.90 Å². The topological polar surface area (TPSA) is 70.0 Å². The van der Waals surface area contributed by atoms with Crippen molar-refractivity contribution in [3.63, 3.8) is 0 Å². The summed E-state index contributed by atoms with van der Waals surface area (Å²) in [4.78, 5) is 16.9. The molecule has 1 aromatic heterocycles. The van der Waals surface area contributed by atoms with E-state index in [2.05, 4.69) is 11.8 Å². The molecule has 174 valence electrons. The Morgan fingerprint density at radius 2 is 1.76 bits per heavy atom. The fourth-order valence-corrected chi connectivity index (χ4v) is 5.78. The number of rotatable bonds is 6. The Labute approximate surface area is 202 Å². The summed E-state index contributed by atoms with van der Waals surface area (Å²) in [5.41, 5.74) is 2.03. The molecule has 1 unspecified atom stereocenters. The maximum atomic E-state index is 13.7. The van der Waals surface area contributed by atoms with E-state index in [-0.39, 0.29) is 23.4 Å². The molecule has 6 heteroatoms. The largest absolute Gasteiger partial charge is 0.508 e. The number of carbonyl (C=O) groups excluding carboxylic acids is 1. The molecule has 1 saturated heterocycles. The lowest BCUT2D eigenvalue weighted by atomic mass is 9.97. The van der Waals surface area contributed by atoms with E-state index in [1.165, 1.54) is 11.3 Å². The number of benzene rings is 3. The van der Waals surface area contributed by atoms with E-state index in [0.717, 1.165) is 58.8 Å². The third-order valence-corrected chi connectivity index (χ3v) is 7.56. The summed E-state index contributed by atoms with van der Waals surface area (Å²) >= 11 is 1.46. The molecular weight excluding hydrogens is 446 g/mol. The van der Waals surface area contributed by atoms with Crippen LogP contribution in [0.1, 0.15) is 35.7 Å². The summed E-state index contributed by atoms with van der Waals surface area (Å²) in [5.74, 6) is 1.03. The molecule has 0 saturated carbocycles. The van der Waals surface area contributed by atoms with Gasteiger partial charge in [-0.05, 0) is 98.2 Å². The molecule has 1 aliphatic heterocycles. The molecule has 0 aliphatic carbocycles. The van der Waals surface area contributed by atoms with Crippen LogP contribution in [0.5, 0.6) is 17.2 Å². The number of likely N-dealkylation sites (N-methyl/N-ethyl adjacent to an activating group) is 1. The molecule has 0 bridgehead atoms. The van der Waals surface area contributed by atoms with E-state index in [1.807, 2.05) is 24.3 Å². The van der Waals surface area contributed by atoms with Crippen molar-refractivity contribution in [2.75, 3.05) is 19.6 Å². The fraction of sp³-hybridized carbons (Fsp3) is 0.250. The molecule has 1 aliphatic rings. The van der Waals surface area contributed by atoms with Crippen LogP contribution in [0.4, 0.5) is 0 Å². The number of ether oxygens (including phenoxy) is 1. The maximum Gasteiger partial charge on any atom is 0.195 e. The number of phenols is 2. The zero-order valence-corrected chi connectivity index (χ0v) is 19.8. The Kier molecular flexibility index (Phi) is 6.26. The predicted molar refractivity (Wildman–Crippen MR) is 136 cm³/mol. The Bertz CT molecular complexity index is 1310. The Balaban J connectivity index is 1.46. The van der Waals surface area contributed by atoms with E-state index in [1.54, 1.807) is 42.5 Å². The van der Waals surface area contributed by atoms with Gasteiger partial charge in [-0.15, -0.1) is 11.3 Å². The summed E-state index contributed by atoms with van der Waals surface area (Å²) < 4.78 is 7.04. The highest BCUT2D eigenvalue weighted by molar-refractivity contribution is 7.22. The maximum absolute atomic E-state index is 13.7. The molecule has 5 nitrogen and oxygen atoms in total. The fourth-order valence-electron chi connectivity index (χ4n) is 4.54. The van der Waals surface area contributed by atoms with Crippen LogP contribution in [0.2, 0.25) is 0 Å². The second kappa shape index (κ2) is 9.49. The first-order valence-electron chi connectivity index (χ1n) is 11.6. The lowest BCUT2D eigenvalue weighted by Crippen LogP contribution is -2.40. The first-order chi connectivity index (χ1) is 16.5. The van der Waals surface area contributed by atoms with Gasteiger partial charge in [0.05, 0.1) is 0 Å². The Hall–Kier alpha value is -3.35. The van der Waals surface area contributed by atoms with Gasteiger partial charge in [0.15, 0.2) is 5.78 Å². The predicted octanol–water partition coefficient (Wildman–Crippen LogP) is 6.07. The van der Waals surface area contributed by atoms with Crippen molar-refractivity contribution in [3.05, 3.63) is 77.9 Å². The zero-order chi connectivity index (χ0) is 23.7. The van der Waals surface area contributed by atoms with E-state index < -0.39 is 0 Å². The van der Waals surface area contributed by atoms with Gasteiger partial charge in [-0.25, -0.2) is 0 Å². The van der Waals surface area contributed by atoms with Gasteiger partial charge in [0.1, 0.15) is 23.4 Å². The second-order valence-electron chi connectivity index (χ2n) is 8.66. The van der Waals surface area contributed by atoms with Gasteiger partial charge in [0.2, 0.25) is 0 Å². The van der Waals surface area contributed by atoms with E-state index in [0.29, 0.717) is 11.1 Å². The molecular formula is C28H27NO4S. The minimum absolute atomic E-state index is 0.0820. The molecule has 34 heavy (non-hydrogen) atoms. The number of aromatic hydroxyl groups is 2. The summed E-state index contributed by atoms with van der Waals surface area (Å²) in [6, 6.07) is 19.3. The van der Waals surface area contributed by atoms with Gasteiger partial charge in [0, 0.05) is 32.6 Å². The number of phenolic OH excluding ortho intramolecular Hbond substituents is 2. The number of fused-ring (bicyclic) bond motifs is 1. The SMILES string of the molecule is CCN1CCCC(Oc2ccc(C(=O)c3c(-c4ccc(O)cc4)sc4cc(O)ccc34)cc2)C1. The van der Waals surface area contributed by atoms with Gasteiger partial charge in [-0.1, -0.05) is 6.92 Å². The van der Waals surface area contributed by atoms with Crippen LogP contribution < -0.4 is 4.74 Å². The molecule has 5 rings (SSSR count). The summed E-state index contributed by atoms with van der Waals surface area (Å²) in [7, 11) is 0. The van der Waals surface area contributed by atoms with Crippen molar-refractivity contribution >= 4 is 27.2 Å². The lowest BCUT2D eigenvalue weighted by molar-refractivity contribution is 0.0919. The first-order valence-corrected chi connectivity index (χ1v) is 12.4. The minimum Gasteiger partial charge on any atom is -0.508 e. The molecule has 3 aromatic carbocycles. The Morgan fingerprint density at radius 1 is 1.03 bits per heavy atom. The minimum atomic E-state index is -0.0820. The van der Waals surface area contributed by atoms with Gasteiger partial charge in [-0.2, -0.15) is 0 Å². The standard InChI is InChI=1S/C28H27NO4S/c1-2-29-15-3-4-23(17-29)33-22-12-7-18(8-13-22)27(32)26-24-14-11-21(31)16-25(24)34-28(26)19-5-9-20(30)10-6-19/h5-14,16,23,30-31H,2-4,15,17H2,1H3. The molecule has 2 N–H and O–H groups in total. The molecule has 2 heterocycles. The van der Waals surface area contributed by atoms with E-state index in [4.69, 9.17) is 4.74 Å². The average Bonchev–Trinajstić information content (AvgIpc) is 3.23. The van der Waals surface area contributed by atoms with Crippen LogP contribution in [0.25, 0.3) is 20.5 Å². The van der Waals surface area contributed by atoms with Gasteiger partial charge in [0.25, 0.3) is 0 Å². The molecule has 0 amide bonds. The van der Waals surface area contributed by atoms with Crippen molar-refractivity contribution < 1.29 is 19.7 Å². The van der Waals surface area contributed by atoms with Crippen LogP contribution >= 0.6 is 11.3 Å². The average molecular weight is 474 g/mol. The van der Waals surface area contributed by atoms with Crippen LogP contribution in [-0.2, 0) is 0 Å². The summed E-state index contributed by atoms with van der Waals surface area (Å²) in [5, 5.41) is 20.5. The quantitative estimate of drug-likeness (QED) is 0.333. The summed E-state index contributed by atoms with van der Waals surface area (Å²) in [6.07, 6.45) is 2.35. The van der Waals surface area contributed by atoms with Gasteiger partial charge >= 0.3 is 0 Å². The van der Waals surface area contributed by atoms with Crippen LogP contribution in [0, 0.1) is 0 Å². The number of hydrogen-bond acceptors (Lipinski definition) is 6. The third-order valence-electron chi connectivity index (χ3n) is 6.36. The molecule has 1 atom stereocenters. The molecule has 0 radical (unpaired) electrons. The van der Waals surface area contributed by atoms with Crippen molar-refractivity contribution in [1.29, 1.82) is 0 Å². The van der Waals surface area contributed by atoms with Crippen molar-refractivity contribution in [2.45, 2.75) is 25.9 Å². The van der Waals surface area contributed by atoms with Crippen molar-refractivity contribution in [3.8, 4) is 27.7 Å². The smallest absolute Gasteiger partial charge is 0.195 e. The number of nitrogens with zero attached hydrogens (tertiary/aromatic N) is 1. The van der Waals surface area contributed by atoms with E-state index >= 15 is 0 Å². The third kappa shape index (κ3) is 4.52. The first kappa shape index (κ1) is 22.4. The van der Waals surface area contributed by atoms with Crippen LogP contribution in [-0.4, -0.2) is 46.6 Å². The van der Waals surface area contributed by atoms with Crippen LogP contribution in [0.15, 0.2) is 66.7 Å². The van der Waals surface area contributed by atoms with Gasteiger partial charge < -0.3 is 14.9 Å². The normalized spacial score (nSPS) is 16.6. The second-order valence-corrected chi connectivity index (χ2v) is 9.71. The highest BCUT2D eigenvalue weighted by Gasteiger charge is 2.23. The number of hydrogen-bond donors (Lipinski definition) is 2.